The summed E-state index contributed by atoms with van der Waals surface area (Å²) in [6.07, 6.45) is 3.81. The monoisotopic (exact) mass is 450 g/mol. The number of hydrazine groups is 1. The number of aryl methyl sites for hydroxylation is 2. The average molecular weight is 450 g/mol. The van der Waals surface area contributed by atoms with Crippen molar-refractivity contribution in [2.24, 2.45) is 0 Å². The summed E-state index contributed by atoms with van der Waals surface area (Å²) in [5, 5.41) is 0.889. The van der Waals surface area contributed by atoms with Crippen LogP contribution in [0.2, 0.25) is 0 Å². The molecule has 0 spiro atoms. The summed E-state index contributed by atoms with van der Waals surface area (Å²) >= 11 is 0. The fourth-order valence-corrected chi connectivity index (χ4v) is 4.03. The van der Waals surface area contributed by atoms with Crippen molar-refractivity contribution in [3.8, 4) is 11.5 Å². The maximum Gasteiger partial charge on any atom is 0.310 e. The van der Waals surface area contributed by atoms with Gasteiger partial charge >= 0.3 is 5.97 Å². The Morgan fingerprint density at radius 2 is 1.82 bits per heavy atom. The normalized spacial score (nSPS) is 16.2. The molecule has 9 heteroatoms. The third-order valence-electron chi connectivity index (χ3n) is 5.69. The molecule has 1 aliphatic heterocycles. The molecule has 33 heavy (non-hydrogen) atoms. The van der Waals surface area contributed by atoms with E-state index in [1.54, 1.807) is 30.5 Å². The molecule has 2 amide bonds. The van der Waals surface area contributed by atoms with Gasteiger partial charge < -0.3 is 18.6 Å². The number of amides is 2. The second-order valence-corrected chi connectivity index (χ2v) is 7.97. The molecule has 1 aliphatic carbocycles. The predicted octanol–water partition coefficient (Wildman–Crippen LogP) is 1.99. The van der Waals surface area contributed by atoms with Gasteiger partial charge in [0.05, 0.1) is 12.7 Å². The quantitative estimate of drug-likeness (QED) is 0.451. The van der Waals surface area contributed by atoms with Crippen molar-refractivity contribution in [1.82, 2.24) is 10.9 Å². The van der Waals surface area contributed by atoms with Crippen molar-refractivity contribution >= 4 is 28.8 Å². The number of furan rings is 1. The molecule has 1 atom stereocenters. The Morgan fingerprint density at radius 1 is 1.03 bits per heavy atom. The van der Waals surface area contributed by atoms with Gasteiger partial charge in [0.25, 0.3) is 11.8 Å². The first-order valence-corrected chi connectivity index (χ1v) is 10.7. The smallest absolute Gasteiger partial charge is 0.310 e. The van der Waals surface area contributed by atoms with Crippen molar-refractivity contribution in [2.45, 2.75) is 31.8 Å². The Labute approximate surface area is 188 Å². The maximum absolute atomic E-state index is 12.2. The third kappa shape index (κ3) is 4.48. The van der Waals surface area contributed by atoms with Gasteiger partial charge in [-0.05, 0) is 54.7 Å². The number of esters is 1. The Bertz CT molecular complexity index is 1230. The van der Waals surface area contributed by atoms with Crippen LogP contribution in [0.3, 0.4) is 0 Å². The first kappa shape index (κ1) is 20.9. The zero-order chi connectivity index (χ0) is 22.8. The van der Waals surface area contributed by atoms with E-state index in [4.69, 9.17) is 18.6 Å². The van der Waals surface area contributed by atoms with Crippen LogP contribution >= 0.6 is 0 Å². The van der Waals surface area contributed by atoms with E-state index in [1.165, 1.54) is 11.1 Å². The van der Waals surface area contributed by atoms with Gasteiger partial charge in [0, 0.05) is 10.9 Å². The SMILES string of the molecule is O=C(COC(=O)Cc1coc2cc3c(cc12)CCC3)NNC(=O)C1COc2ccccc2O1. The van der Waals surface area contributed by atoms with Gasteiger partial charge in [-0.3, -0.25) is 25.2 Å². The van der Waals surface area contributed by atoms with Gasteiger partial charge in [-0.25, -0.2) is 0 Å². The molecule has 2 aliphatic rings. The molecule has 1 unspecified atom stereocenters. The third-order valence-corrected chi connectivity index (χ3v) is 5.69. The number of hydrogen-bond acceptors (Lipinski definition) is 7. The number of rotatable bonds is 5. The number of benzene rings is 2. The Balaban J connectivity index is 1.08. The predicted molar refractivity (Wildman–Crippen MR) is 116 cm³/mol. The topological polar surface area (TPSA) is 116 Å². The molecule has 2 heterocycles. The number of carbonyl (C=O) groups is 3. The molecule has 170 valence electrons. The number of ether oxygens (including phenoxy) is 3. The minimum atomic E-state index is -0.918. The van der Waals surface area contributed by atoms with Crippen LogP contribution in [0, 0.1) is 0 Å². The van der Waals surface area contributed by atoms with Crippen molar-refractivity contribution in [1.29, 1.82) is 0 Å². The Morgan fingerprint density at radius 3 is 2.67 bits per heavy atom. The Hall–Kier alpha value is -4.01. The van der Waals surface area contributed by atoms with Crippen LogP contribution < -0.4 is 20.3 Å². The molecule has 0 saturated heterocycles. The molecule has 0 fully saturated rings. The van der Waals surface area contributed by atoms with Crippen molar-refractivity contribution in [3.63, 3.8) is 0 Å². The molecule has 0 bridgehead atoms. The van der Waals surface area contributed by atoms with Crippen LogP contribution in [0.5, 0.6) is 11.5 Å². The van der Waals surface area contributed by atoms with Gasteiger partial charge in [-0.2, -0.15) is 0 Å². The summed E-state index contributed by atoms with van der Waals surface area (Å²) < 4.78 is 21.7. The van der Waals surface area contributed by atoms with Crippen LogP contribution in [0.25, 0.3) is 11.0 Å². The summed E-state index contributed by atoms with van der Waals surface area (Å²) in [4.78, 5) is 36.4. The molecule has 2 aromatic carbocycles. The zero-order valence-electron chi connectivity index (χ0n) is 17.7. The number of fused-ring (bicyclic) bond motifs is 3. The minimum Gasteiger partial charge on any atom is -0.485 e. The summed E-state index contributed by atoms with van der Waals surface area (Å²) in [5.41, 5.74) is 8.49. The summed E-state index contributed by atoms with van der Waals surface area (Å²) in [7, 11) is 0. The molecule has 3 aromatic rings. The van der Waals surface area contributed by atoms with E-state index in [2.05, 4.69) is 16.9 Å². The lowest BCUT2D eigenvalue weighted by molar-refractivity contribution is -0.148. The van der Waals surface area contributed by atoms with E-state index < -0.39 is 30.5 Å². The van der Waals surface area contributed by atoms with E-state index in [9.17, 15) is 14.4 Å². The van der Waals surface area contributed by atoms with Crippen LogP contribution in [-0.2, 0) is 38.4 Å². The number of carbonyl (C=O) groups excluding carboxylic acids is 3. The summed E-state index contributed by atoms with van der Waals surface area (Å²) in [5.74, 6) is -0.834. The first-order valence-electron chi connectivity index (χ1n) is 10.7. The maximum atomic E-state index is 12.2. The van der Waals surface area contributed by atoms with E-state index in [0.29, 0.717) is 17.1 Å². The molecular weight excluding hydrogens is 428 g/mol. The lowest BCUT2D eigenvalue weighted by atomic mass is 10.0. The molecular formula is C24H22N2O7. The lowest BCUT2D eigenvalue weighted by Gasteiger charge is -2.25. The molecule has 2 N–H and O–H groups in total. The molecule has 5 rings (SSSR count). The number of nitrogens with one attached hydrogen (secondary N) is 2. The highest BCUT2D eigenvalue weighted by Crippen LogP contribution is 2.31. The van der Waals surface area contributed by atoms with Crippen LogP contribution in [0.4, 0.5) is 0 Å². The minimum absolute atomic E-state index is 0.00949. The first-order chi connectivity index (χ1) is 16.1. The van der Waals surface area contributed by atoms with Crippen LogP contribution in [0.15, 0.2) is 47.1 Å². The zero-order valence-corrected chi connectivity index (χ0v) is 17.7. The van der Waals surface area contributed by atoms with Crippen molar-refractivity contribution in [3.05, 3.63) is 59.4 Å². The molecule has 0 radical (unpaired) electrons. The van der Waals surface area contributed by atoms with Gasteiger partial charge in [-0.15, -0.1) is 0 Å². The average Bonchev–Trinajstić information content (AvgIpc) is 3.45. The summed E-state index contributed by atoms with van der Waals surface area (Å²) in [6, 6.07) is 11.1. The standard InChI is InChI=1S/C24H22N2O7/c27-22(25-26-24(29)21-12-31-18-6-1-2-7-19(18)33-21)13-32-23(28)10-16-11-30-20-9-15-5-3-4-14(15)8-17(16)20/h1-2,6-9,11,21H,3-5,10,12-13H2,(H,25,27)(H,26,29). The van der Waals surface area contributed by atoms with Gasteiger partial charge in [0.15, 0.2) is 18.1 Å². The summed E-state index contributed by atoms with van der Waals surface area (Å²) in [6.45, 7) is -0.523. The Kier molecular flexibility index (Phi) is 5.60. The molecule has 9 nitrogen and oxygen atoms in total. The number of hydrogen-bond donors (Lipinski definition) is 2. The van der Waals surface area contributed by atoms with E-state index in [0.717, 1.165) is 30.2 Å². The largest absolute Gasteiger partial charge is 0.485 e. The number of para-hydroxylation sites is 2. The molecule has 0 saturated carbocycles. The second-order valence-electron chi connectivity index (χ2n) is 7.97. The van der Waals surface area contributed by atoms with Gasteiger partial charge in [-0.1, -0.05) is 12.1 Å². The highest BCUT2D eigenvalue weighted by Gasteiger charge is 2.27. The van der Waals surface area contributed by atoms with Crippen molar-refractivity contribution < 1.29 is 33.0 Å². The molecule has 1 aromatic heterocycles. The van der Waals surface area contributed by atoms with E-state index in [1.807, 2.05) is 6.07 Å². The van der Waals surface area contributed by atoms with Crippen molar-refractivity contribution in [2.75, 3.05) is 13.2 Å². The van der Waals surface area contributed by atoms with E-state index >= 15 is 0 Å². The highest BCUT2D eigenvalue weighted by atomic mass is 16.6. The fourth-order valence-electron chi connectivity index (χ4n) is 4.03. The highest BCUT2D eigenvalue weighted by molar-refractivity contribution is 5.89. The van der Waals surface area contributed by atoms with Crippen LogP contribution in [-0.4, -0.2) is 37.1 Å². The van der Waals surface area contributed by atoms with Gasteiger partial charge in [0.1, 0.15) is 12.2 Å². The fraction of sp³-hybridized carbons (Fsp3) is 0.292. The van der Waals surface area contributed by atoms with E-state index in [-0.39, 0.29) is 13.0 Å². The van der Waals surface area contributed by atoms with Gasteiger partial charge in [0.2, 0.25) is 6.10 Å². The van der Waals surface area contributed by atoms with Crippen LogP contribution in [0.1, 0.15) is 23.1 Å². The second kappa shape index (κ2) is 8.85. The lowest BCUT2D eigenvalue weighted by Crippen LogP contribution is -2.51.